The highest BCUT2D eigenvalue weighted by molar-refractivity contribution is 7.14. The van der Waals surface area contributed by atoms with Crippen molar-refractivity contribution >= 4 is 28.1 Å². The number of rotatable bonds is 4. The lowest BCUT2D eigenvalue weighted by Crippen LogP contribution is -2.24. The highest BCUT2D eigenvalue weighted by atomic mass is 32.1. The number of nitrogens with zero attached hydrogens (tertiary/aromatic N) is 3. The van der Waals surface area contributed by atoms with Gasteiger partial charge in [0.2, 0.25) is 5.91 Å². The van der Waals surface area contributed by atoms with Crippen molar-refractivity contribution < 1.29 is 18.0 Å². The van der Waals surface area contributed by atoms with Crippen LogP contribution in [0.15, 0.2) is 46.7 Å². The first-order valence-electron chi connectivity index (χ1n) is 8.66. The number of aryl methyl sites for hydroxylation is 2. The molecule has 0 fully saturated rings. The Balaban J connectivity index is 1.94. The minimum absolute atomic E-state index is 0.127. The van der Waals surface area contributed by atoms with Crippen LogP contribution < -0.4 is 10.5 Å². The molecule has 2 heterocycles. The average Bonchev–Trinajstić information content (AvgIpc) is 3.06. The molecule has 9 heteroatoms. The van der Waals surface area contributed by atoms with Gasteiger partial charge in [0.15, 0.2) is 5.13 Å². The molecule has 1 aromatic carbocycles. The zero-order chi connectivity index (χ0) is 21.3. The summed E-state index contributed by atoms with van der Waals surface area (Å²) in [6, 6.07) is 7.29. The first kappa shape index (κ1) is 20.8. The predicted molar refractivity (Wildman–Crippen MR) is 106 cm³/mol. The quantitative estimate of drug-likeness (QED) is 0.615. The highest BCUT2D eigenvalue weighted by Crippen LogP contribution is 2.32. The van der Waals surface area contributed by atoms with Crippen LogP contribution in [0.4, 0.5) is 24.0 Å². The highest BCUT2D eigenvalue weighted by Gasteiger charge is 2.31. The molecule has 29 heavy (non-hydrogen) atoms. The number of hydrogen-bond donors (Lipinski definition) is 0. The lowest BCUT2D eigenvalue weighted by atomic mass is 10.1. The van der Waals surface area contributed by atoms with Gasteiger partial charge in [-0.05, 0) is 31.5 Å². The third kappa shape index (κ3) is 4.56. The molecule has 0 unspecified atom stereocenters. The van der Waals surface area contributed by atoms with Gasteiger partial charge in [0, 0.05) is 24.6 Å². The van der Waals surface area contributed by atoms with E-state index in [2.05, 4.69) is 4.98 Å². The number of carbonyl (C=O) groups is 1. The SMILES string of the molecule is CC(=O)N(c1nc(Cn2cc(C(F)(F)F)ccc2=O)cs1)c1ccc(C)cc1C. The molecular formula is C20H18F3N3O2S. The fourth-order valence-electron chi connectivity index (χ4n) is 2.93. The number of pyridine rings is 1. The van der Waals surface area contributed by atoms with Crippen LogP contribution in [0.25, 0.3) is 0 Å². The number of aromatic nitrogens is 2. The molecule has 3 rings (SSSR count). The molecule has 0 saturated heterocycles. The van der Waals surface area contributed by atoms with Crippen molar-refractivity contribution in [3.8, 4) is 0 Å². The van der Waals surface area contributed by atoms with Crippen LogP contribution in [0.5, 0.6) is 0 Å². The number of carbonyl (C=O) groups excluding carboxylic acids is 1. The molecule has 0 bridgehead atoms. The predicted octanol–water partition coefficient (Wildman–Crippen LogP) is 4.67. The van der Waals surface area contributed by atoms with Crippen LogP contribution in [0, 0.1) is 13.8 Å². The summed E-state index contributed by atoms with van der Waals surface area (Å²) in [4.78, 5) is 30.1. The number of anilines is 2. The molecule has 2 aromatic heterocycles. The molecule has 0 aliphatic carbocycles. The largest absolute Gasteiger partial charge is 0.417 e. The van der Waals surface area contributed by atoms with Crippen molar-refractivity contribution in [3.63, 3.8) is 0 Å². The first-order valence-corrected chi connectivity index (χ1v) is 9.54. The summed E-state index contributed by atoms with van der Waals surface area (Å²) in [5.74, 6) is -0.242. The second kappa shape index (κ2) is 7.82. The van der Waals surface area contributed by atoms with Crippen molar-refractivity contribution in [3.05, 3.63) is 74.6 Å². The van der Waals surface area contributed by atoms with Crippen molar-refractivity contribution in [1.82, 2.24) is 9.55 Å². The van der Waals surface area contributed by atoms with Gasteiger partial charge in [-0.3, -0.25) is 14.5 Å². The summed E-state index contributed by atoms with van der Waals surface area (Å²) in [5, 5.41) is 2.01. The number of benzene rings is 1. The van der Waals surface area contributed by atoms with Crippen LogP contribution in [-0.4, -0.2) is 15.5 Å². The molecule has 0 aliphatic rings. The molecule has 5 nitrogen and oxygen atoms in total. The average molecular weight is 421 g/mol. The minimum atomic E-state index is -4.54. The Labute approximate surface area is 169 Å². The molecule has 0 spiro atoms. The lowest BCUT2D eigenvalue weighted by Gasteiger charge is -2.20. The van der Waals surface area contributed by atoms with Gasteiger partial charge in [0.05, 0.1) is 23.5 Å². The Morgan fingerprint density at radius 3 is 2.55 bits per heavy atom. The minimum Gasteiger partial charge on any atom is -0.309 e. The molecule has 152 valence electrons. The molecule has 0 atom stereocenters. The van der Waals surface area contributed by atoms with Crippen LogP contribution >= 0.6 is 11.3 Å². The van der Waals surface area contributed by atoms with Gasteiger partial charge >= 0.3 is 6.18 Å². The number of thiazole rings is 1. The van der Waals surface area contributed by atoms with Crippen molar-refractivity contribution in [1.29, 1.82) is 0 Å². The van der Waals surface area contributed by atoms with Gasteiger partial charge in [0.25, 0.3) is 5.56 Å². The van der Waals surface area contributed by atoms with Crippen molar-refractivity contribution in [2.75, 3.05) is 4.90 Å². The number of halogens is 3. The molecule has 3 aromatic rings. The van der Waals surface area contributed by atoms with E-state index in [1.807, 2.05) is 32.0 Å². The maximum absolute atomic E-state index is 12.9. The molecule has 0 radical (unpaired) electrons. The summed E-state index contributed by atoms with van der Waals surface area (Å²) in [7, 11) is 0. The van der Waals surface area contributed by atoms with Gasteiger partial charge in [0.1, 0.15) is 0 Å². The monoisotopic (exact) mass is 421 g/mol. The standard InChI is InChI=1S/C20H18F3N3O2S/c1-12-4-6-17(13(2)8-12)26(14(3)27)19-24-16(11-29-19)10-25-9-15(20(21,22)23)5-7-18(25)28/h4-9,11H,10H2,1-3H3. The lowest BCUT2D eigenvalue weighted by molar-refractivity contribution is -0.138. The van der Waals surface area contributed by atoms with Crippen molar-refractivity contribution in [2.24, 2.45) is 0 Å². The Morgan fingerprint density at radius 1 is 1.21 bits per heavy atom. The van der Waals surface area contributed by atoms with Crippen LogP contribution in [0.2, 0.25) is 0 Å². The van der Waals surface area contributed by atoms with Crippen molar-refractivity contribution in [2.45, 2.75) is 33.5 Å². The zero-order valence-corrected chi connectivity index (χ0v) is 16.8. The Kier molecular flexibility index (Phi) is 5.61. The normalized spacial score (nSPS) is 11.5. The summed E-state index contributed by atoms with van der Waals surface area (Å²) in [5.41, 5.74) is 1.55. The number of hydrogen-bond acceptors (Lipinski definition) is 4. The van der Waals surface area contributed by atoms with E-state index in [0.717, 1.165) is 34.0 Å². The number of alkyl halides is 3. The van der Waals surface area contributed by atoms with Crippen LogP contribution in [-0.2, 0) is 17.5 Å². The maximum Gasteiger partial charge on any atom is 0.417 e. The first-order chi connectivity index (χ1) is 13.6. The van der Waals surface area contributed by atoms with E-state index >= 15 is 0 Å². The van der Waals surface area contributed by atoms with E-state index in [9.17, 15) is 22.8 Å². The fourth-order valence-corrected chi connectivity index (χ4v) is 3.80. The summed E-state index contributed by atoms with van der Waals surface area (Å²) in [6.45, 7) is 5.12. The van der Waals surface area contributed by atoms with Gasteiger partial charge in [-0.1, -0.05) is 17.7 Å². The smallest absolute Gasteiger partial charge is 0.309 e. The molecule has 1 amide bonds. The molecule has 0 N–H and O–H groups in total. The molecule has 0 aliphatic heterocycles. The maximum atomic E-state index is 12.9. The molecular weight excluding hydrogens is 403 g/mol. The summed E-state index contributed by atoms with van der Waals surface area (Å²) in [6.07, 6.45) is -3.77. The summed E-state index contributed by atoms with van der Waals surface area (Å²) >= 11 is 1.18. The van der Waals surface area contributed by atoms with Gasteiger partial charge in [-0.15, -0.1) is 11.3 Å². The van der Waals surface area contributed by atoms with Gasteiger partial charge in [-0.2, -0.15) is 13.2 Å². The van der Waals surface area contributed by atoms with Gasteiger partial charge < -0.3 is 4.57 Å². The fraction of sp³-hybridized carbons (Fsp3) is 0.250. The van der Waals surface area contributed by atoms with E-state index in [-0.39, 0.29) is 12.5 Å². The second-order valence-electron chi connectivity index (χ2n) is 6.65. The topological polar surface area (TPSA) is 55.2 Å². The second-order valence-corrected chi connectivity index (χ2v) is 7.48. The molecule has 0 saturated carbocycles. The van der Waals surface area contributed by atoms with E-state index < -0.39 is 17.3 Å². The van der Waals surface area contributed by atoms with Gasteiger partial charge in [-0.25, -0.2) is 4.98 Å². The Bertz CT molecular complexity index is 1120. The van der Waals surface area contributed by atoms with E-state index in [1.54, 1.807) is 5.38 Å². The number of amides is 1. The third-order valence-corrected chi connectivity index (χ3v) is 5.16. The zero-order valence-electron chi connectivity index (χ0n) is 15.9. The Hall–Kier alpha value is -2.94. The van der Waals surface area contributed by atoms with E-state index in [0.29, 0.717) is 16.5 Å². The third-order valence-electron chi connectivity index (χ3n) is 4.28. The van der Waals surface area contributed by atoms with Crippen LogP contribution in [0.3, 0.4) is 0 Å². The van der Waals surface area contributed by atoms with E-state index in [4.69, 9.17) is 0 Å². The van der Waals surface area contributed by atoms with E-state index in [1.165, 1.54) is 23.2 Å². The summed E-state index contributed by atoms with van der Waals surface area (Å²) < 4.78 is 39.7. The van der Waals surface area contributed by atoms with Crippen LogP contribution in [0.1, 0.15) is 29.3 Å². The Morgan fingerprint density at radius 2 is 1.93 bits per heavy atom.